The van der Waals surface area contributed by atoms with Crippen molar-refractivity contribution in [3.63, 3.8) is 0 Å². The summed E-state index contributed by atoms with van der Waals surface area (Å²) in [6.07, 6.45) is 3.60. The number of likely N-dealkylation sites (N-methyl/N-ethyl adjacent to an activating group) is 1. The average molecular weight is 248 g/mol. The van der Waals surface area contributed by atoms with E-state index in [1.807, 2.05) is 6.07 Å². The van der Waals surface area contributed by atoms with E-state index in [9.17, 15) is 4.79 Å². The van der Waals surface area contributed by atoms with E-state index < -0.39 is 0 Å². The molecule has 2 rings (SSSR count). The van der Waals surface area contributed by atoms with Gasteiger partial charge in [0.1, 0.15) is 12.4 Å². The Kier molecular flexibility index (Phi) is 4.59. The first kappa shape index (κ1) is 12.9. The normalized spacial score (nSPS) is 13.2. The van der Waals surface area contributed by atoms with Crippen LogP contribution in [-0.4, -0.2) is 32.7 Å². The lowest BCUT2D eigenvalue weighted by molar-refractivity contribution is -0.120. The zero-order chi connectivity index (χ0) is 12.8. The summed E-state index contributed by atoms with van der Waals surface area (Å²) in [6, 6.07) is 6.29. The van der Waals surface area contributed by atoms with Crippen molar-refractivity contribution in [1.29, 1.82) is 0 Å². The number of benzene rings is 1. The molecule has 4 heteroatoms. The van der Waals surface area contributed by atoms with Gasteiger partial charge in [0.05, 0.1) is 13.1 Å². The molecule has 0 aliphatic heterocycles. The standard InChI is InChI=1S/C14H20N2O2/c1-15-10-14(17)16-7-8-18-13-6-5-11-3-2-4-12(11)9-13/h5-6,9,15H,2-4,7-8,10H2,1H3,(H,16,17). The number of hydrogen-bond acceptors (Lipinski definition) is 3. The maximum Gasteiger partial charge on any atom is 0.234 e. The van der Waals surface area contributed by atoms with Crippen molar-refractivity contribution in [2.75, 3.05) is 26.7 Å². The van der Waals surface area contributed by atoms with Crippen LogP contribution in [0.2, 0.25) is 0 Å². The van der Waals surface area contributed by atoms with Crippen LogP contribution in [0, 0.1) is 0 Å². The van der Waals surface area contributed by atoms with E-state index in [0.29, 0.717) is 19.7 Å². The van der Waals surface area contributed by atoms with Crippen LogP contribution in [-0.2, 0) is 17.6 Å². The molecule has 1 aliphatic carbocycles. The van der Waals surface area contributed by atoms with Gasteiger partial charge in [0.15, 0.2) is 0 Å². The highest BCUT2D eigenvalue weighted by Crippen LogP contribution is 2.25. The van der Waals surface area contributed by atoms with E-state index >= 15 is 0 Å². The summed E-state index contributed by atoms with van der Waals surface area (Å²) < 4.78 is 5.62. The Balaban J connectivity index is 1.72. The number of fused-ring (bicyclic) bond motifs is 1. The molecular formula is C14H20N2O2. The van der Waals surface area contributed by atoms with Crippen LogP contribution in [0.3, 0.4) is 0 Å². The predicted molar refractivity (Wildman–Crippen MR) is 70.9 cm³/mol. The lowest BCUT2D eigenvalue weighted by Gasteiger charge is -2.09. The van der Waals surface area contributed by atoms with E-state index in [1.54, 1.807) is 7.05 Å². The highest BCUT2D eigenvalue weighted by Gasteiger charge is 2.10. The molecule has 0 fully saturated rings. The fourth-order valence-corrected chi connectivity index (χ4v) is 2.22. The van der Waals surface area contributed by atoms with Gasteiger partial charge in [-0.3, -0.25) is 4.79 Å². The highest BCUT2D eigenvalue weighted by atomic mass is 16.5. The third-order valence-electron chi connectivity index (χ3n) is 3.10. The van der Waals surface area contributed by atoms with Crippen LogP contribution in [0.1, 0.15) is 17.5 Å². The maximum atomic E-state index is 11.2. The Bertz CT molecular complexity index is 418. The Labute approximate surface area is 108 Å². The van der Waals surface area contributed by atoms with Crippen LogP contribution in [0.5, 0.6) is 5.75 Å². The second kappa shape index (κ2) is 6.40. The molecule has 0 saturated carbocycles. The number of aryl methyl sites for hydroxylation is 2. The SMILES string of the molecule is CNCC(=O)NCCOc1ccc2c(c1)CCC2. The van der Waals surface area contributed by atoms with Gasteiger partial charge in [-0.2, -0.15) is 0 Å². The van der Waals surface area contributed by atoms with E-state index in [1.165, 1.54) is 24.0 Å². The smallest absolute Gasteiger partial charge is 0.234 e. The molecule has 1 aliphatic rings. The minimum absolute atomic E-state index is 0.00458. The number of ether oxygens (including phenoxy) is 1. The largest absolute Gasteiger partial charge is 0.492 e. The zero-order valence-corrected chi connectivity index (χ0v) is 10.8. The van der Waals surface area contributed by atoms with Crippen molar-refractivity contribution in [2.24, 2.45) is 0 Å². The molecule has 0 spiro atoms. The molecule has 0 bridgehead atoms. The van der Waals surface area contributed by atoms with Gasteiger partial charge < -0.3 is 15.4 Å². The molecule has 1 aromatic rings. The monoisotopic (exact) mass is 248 g/mol. The van der Waals surface area contributed by atoms with Gasteiger partial charge >= 0.3 is 0 Å². The molecule has 0 aromatic heterocycles. The fraction of sp³-hybridized carbons (Fsp3) is 0.500. The first-order valence-electron chi connectivity index (χ1n) is 6.45. The van der Waals surface area contributed by atoms with Crippen molar-refractivity contribution in [3.8, 4) is 5.75 Å². The molecule has 0 unspecified atom stereocenters. The second-order valence-electron chi connectivity index (χ2n) is 4.51. The summed E-state index contributed by atoms with van der Waals surface area (Å²) in [6.45, 7) is 1.39. The summed E-state index contributed by atoms with van der Waals surface area (Å²) >= 11 is 0. The van der Waals surface area contributed by atoms with Crippen molar-refractivity contribution in [2.45, 2.75) is 19.3 Å². The quantitative estimate of drug-likeness (QED) is 0.735. The maximum absolute atomic E-state index is 11.2. The number of hydrogen-bond donors (Lipinski definition) is 2. The van der Waals surface area contributed by atoms with Gasteiger partial charge in [0.2, 0.25) is 5.91 Å². The van der Waals surface area contributed by atoms with Crippen molar-refractivity contribution in [1.82, 2.24) is 10.6 Å². The number of rotatable bonds is 6. The summed E-state index contributed by atoms with van der Waals surface area (Å²) in [4.78, 5) is 11.2. The number of nitrogens with one attached hydrogen (secondary N) is 2. The molecule has 4 nitrogen and oxygen atoms in total. The first-order valence-corrected chi connectivity index (χ1v) is 6.45. The predicted octanol–water partition coefficient (Wildman–Crippen LogP) is 0.890. The molecule has 0 saturated heterocycles. The molecular weight excluding hydrogens is 228 g/mol. The number of amides is 1. The Hall–Kier alpha value is -1.55. The summed E-state index contributed by atoms with van der Waals surface area (Å²) in [5, 5.41) is 5.58. The fourth-order valence-electron chi connectivity index (χ4n) is 2.22. The van der Waals surface area contributed by atoms with E-state index in [2.05, 4.69) is 22.8 Å². The van der Waals surface area contributed by atoms with Crippen molar-refractivity contribution in [3.05, 3.63) is 29.3 Å². The van der Waals surface area contributed by atoms with E-state index in [0.717, 1.165) is 12.2 Å². The topological polar surface area (TPSA) is 50.4 Å². The summed E-state index contributed by atoms with van der Waals surface area (Å²) in [5.74, 6) is 0.897. The zero-order valence-electron chi connectivity index (χ0n) is 10.8. The van der Waals surface area contributed by atoms with Gasteiger partial charge in [-0.05, 0) is 49.6 Å². The lowest BCUT2D eigenvalue weighted by atomic mass is 10.1. The third-order valence-corrected chi connectivity index (χ3v) is 3.10. The Morgan fingerprint density at radius 2 is 2.17 bits per heavy atom. The van der Waals surface area contributed by atoms with Gasteiger partial charge in [-0.1, -0.05) is 6.07 Å². The van der Waals surface area contributed by atoms with Gasteiger partial charge in [-0.15, -0.1) is 0 Å². The van der Waals surface area contributed by atoms with Crippen LogP contribution >= 0.6 is 0 Å². The van der Waals surface area contributed by atoms with Gasteiger partial charge in [0.25, 0.3) is 0 Å². The Morgan fingerprint density at radius 3 is 3.00 bits per heavy atom. The molecule has 98 valence electrons. The van der Waals surface area contributed by atoms with E-state index in [4.69, 9.17) is 4.74 Å². The summed E-state index contributed by atoms with van der Waals surface area (Å²) in [7, 11) is 1.75. The first-order chi connectivity index (χ1) is 8.79. The molecule has 0 radical (unpaired) electrons. The molecule has 0 atom stereocenters. The number of carbonyl (C=O) groups excluding carboxylic acids is 1. The molecule has 1 amide bonds. The minimum atomic E-state index is -0.00458. The van der Waals surface area contributed by atoms with Gasteiger partial charge in [0, 0.05) is 0 Å². The average Bonchev–Trinajstić information content (AvgIpc) is 2.82. The van der Waals surface area contributed by atoms with Crippen molar-refractivity contribution < 1.29 is 9.53 Å². The molecule has 18 heavy (non-hydrogen) atoms. The van der Waals surface area contributed by atoms with E-state index in [-0.39, 0.29) is 5.91 Å². The molecule has 0 heterocycles. The summed E-state index contributed by atoms with van der Waals surface area (Å²) in [5.41, 5.74) is 2.86. The highest BCUT2D eigenvalue weighted by molar-refractivity contribution is 5.77. The number of carbonyl (C=O) groups is 1. The van der Waals surface area contributed by atoms with Gasteiger partial charge in [-0.25, -0.2) is 0 Å². The third kappa shape index (κ3) is 3.47. The van der Waals surface area contributed by atoms with Crippen LogP contribution in [0.15, 0.2) is 18.2 Å². The van der Waals surface area contributed by atoms with Crippen LogP contribution < -0.4 is 15.4 Å². The minimum Gasteiger partial charge on any atom is -0.492 e. The Morgan fingerprint density at radius 1 is 1.33 bits per heavy atom. The van der Waals surface area contributed by atoms with Crippen LogP contribution in [0.25, 0.3) is 0 Å². The second-order valence-corrected chi connectivity index (χ2v) is 4.51. The van der Waals surface area contributed by atoms with Crippen LogP contribution in [0.4, 0.5) is 0 Å². The van der Waals surface area contributed by atoms with Crippen molar-refractivity contribution >= 4 is 5.91 Å². The molecule has 1 aromatic carbocycles. The molecule has 2 N–H and O–H groups in total. The lowest BCUT2D eigenvalue weighted by Crippen LogP contribution is -2.34.